The summed E-state index contributed by atoms with van der Waals surface area (Å²) in [5, 5.41) is 0. The van der Waals surface area contributed by atoms with Gasteiger partial charge in [0.05, 0.1) is 12.6 Å². The van der Waals surface area contributed by atoms with Crippen molar-refractivity contribution in [2.24, 2.45) is 0 Å². The van der Waals surface area contributed by atoms with Crippen molar-refractivity contribution in [2.45, 2.75) is 44.2 Å². The number of nitrogens with zero attached hydrogens (tertiary/aromatic N) is 2. The average molecular weight is 457 g/mol. The van der Waals surface area contributed by atoms with Gasteiger partial charge in [0.25, 0.3) is 0 Å². The lowest BCUT2D eigenvalue weighted by Crippen LogP contribution is -2.36. The molecule has 2 fully saturated rings. The highest BCUT2D eigenvalue weighted by molar-refractivity contribution is 9.10. The molecule has 4 nitrogen and oxygen atoms in total. The summed E-state index contributed by atoms with van der Waals surface area (Å²) in [5.74, 6) is 0. The predicted octanol–water partition coefficient (Wildman–Crippen LogP) is 5.43. The quantitative estimate of drug-likeness (QED) is 0.556. The number of ether oxygens (including phenoxy) is 1. The van der Waals surface area contributed by atoms with Crippen molar-refractivity contribution in [1.82, 2.24) is 9.80 Å². The van der Waals surface area contributed by atoms with Crippen LogP contribution in [0.3, 0.4) is 0 Å². The fraction of sp³-hybridized carbons (Fsp3) is 0.458. The molecule has 5 heteroatoms. The van der Waals surface area contributed by atoms with E-state index in [0.717, 1.165) is 23.9 Å². The Kier molecular flexibility index (Phi) is 6.88. The molecule has 0 bridgehead atoms. The highest BCUT2D eigenvalue weighted by Crippen LogP contribution is 2.31. The fourth-order valence-corrected chi connectivity index (χ4v) is 4.92. The van der Waals surface area contributed by atoms with Crippen molar-refractivity contribution < 1.29 is 9.53 Å². The minimum Gasteiger partial charge on any atom is -0.444 e. The summed E-state index contributed by atoms with van der Waals surface area (Å²) in [6.07, 6.45) is 5.30. The predicted molar refractivity (Wildman–Crippen MR) is 119 cm³/mol. The lowest BCUT2D eigenvalue weighted by atomic mass is 10.0. The molecule has 2 saturated heterocycles. The van der Waals surface area contributed by atoms with Gasteiger partial charge in [0.15, 0.2) is 0 Å². The highest BCUT2D eigenvalue weighted by atomic mass is 79.9. The molecule has 2 unspecified atom stereocenters. The van der Waals surface area contributed by atoms with Gasteiger partial charge in [-0.25, -0.2) is 4.79 Å². The van der Waals surface area contributed by atoms with Crippen LogP contribution >= 0.6 is 15.9 Å². The first kappa shape index (κ1) is 20.4. The summed E-state index contributed by atoms with van der Waals surface area (Å²) in [5.41, 5.74) is 2.37. The number of likely N-dealkylation sites (tertiary alicyclic amines) is 1. The molecule has 4 rings (SSSR count). The van der Waals surface area contributed by atoms with E-state index in [1.807, 2.05) is 29.2 Å². The molecule has 0 radical (unpaired) electrons. The third-order valence-corrected chi connectivity index (χ3v) is 6.81. The summed E-state index contributed by atoms with van der Waals surface area (Å²) >= 11 is 3.61. The Morgan fingerprint density at radius 2 is 1.72 bits per heavy atom. The molecular weight excluding hydrogens is 428 g/mol. The third kappa shape index (κ3) is 5.20. The van der Waals surface area contributed by atoms with E-state index in [1.54, 1.807) is 0 Å². The lowest BCUT2D eigenvalue weighted by molar-refractivity contribution is 0.124. The van der Waals surface area contributed by atoms with Crippen LogP contribution in [0.5, 0.6) is 0 Å². The van der Waals surface area contributed by atoms with Crippen LogP contribution in [-0.2, 0) is 11.2 Å². The van der Waals surface area contributed by atoms with Gasteiger partial charge in [-0.3, -0.25) is 4.90 Å². The molecule has 2 aliphatic heterocycles. The van der Waals surface area contributed by atoms with Gasteiger partial charge >= 0.3 is 6.09 Å². The van der Waals surface area contributed by atoms with Gasteiger partial charge in [0.2, 0.25) is 0 Å². The number of cyclic esters (lactones) is 1. The second-order valence-electron chi connectivity index (χ2n) is 8.07. The van der Waals surface area contributed by atoms with E-state index in [4.69, 9.17) is 4.74 Å². The van der Waals surface area contributed by atoms with E-state index in [1.165, 1.54) is 43.5 Å². The van der Waals surface area contributed by atoms with Crippen molar-refractivity contribution in [3.63, 3.8) is 0 Å². The summed E-state index contributed by atoms with van der Waals surface area (Å²) in [7, 11) is 0. The van der Waals surface area contributed by atoms with Gasteiger partial charge in [-0.05, 0) is 49.5 Å². The molecule has 2 aliphatic rings. The number of carbonyl (C=O) groups is 1. The molecule has 0 spiro atoms. The number of hydrogen-bond donors (Lipinski definition) is 0. The maximum absolute atomic E-state index is 12.8. The van der Waals surface area contributed by atoms with Crippen molar-refractivity contribution in [2.75, 3.05) is 26.2 Å². The van der Waals surface area contributed by atoms with Crippen LogP contribution in [0.4, 0.5) is 4.79 Å². The Morgan fingerprint density at radius 3 is 2.48 bits per heavy atom. The number of hydrogen-bond acceptors (Lipinski definition) is 3. The average Bonchev–Trinajstić information content (AvgIpc) is 3.11. The Labute approximate surface area is 182 Å². The van der Waals surface area contributed by atoms with Crippen LogP contribution in [0.1, 0.15) is 42.9 Å². The van der Waals surface area contributed by atoms with Crippen molar-refractivity contribution in [3.8, 4) is 0 Å². The molecule has 0 aliphatic carbocycles. The molecule has 1 amide bonds. The van der Waals surface area contributed by atoms with Crippen molar-refractivity contribution in [3.05, 3.63) is 70.2 Å². The fourth-order valence-electron chi connectivity index (χ4n) is 4.48. The van der Waals surface area contributed by atoms with Crippen LogP contribution in [0, 0.1) is 0 Å². The SMILES string of the molecule is O=C1OC(Cc2ccccc2Br)CN1C(CCN1CCCCC1)c1ccccc1. The largest absolute Gasteiger partial charge is 0.444 e. The van der Waals surface area contributed by atoms with Crippen LogP contribution in [0.25, 0.3) is 0 Å². The number of rotatable bonds is 7. The topological polar surface area (TPSA) is 32.8 Å². The molecule has 2 aromatic carbocycles. The molecule has 0 saturated carbocycles. The molecule has 2 aromatic rings. The summed E-state index contributed by atoms with van der Waals surface area (Å²) in [4.78, 5) is 17.3. The number of benzene rings is 2. The van der Waals surface area contributed by atoms with Gasteiger partial charge in [-0.2, -0.15) is 0 Å². The summed E-state index contributed by atoms with van der Waals surface area (Å²) < 4.78 is 6.85. The van der Waals surface area contributed by atoms with Crippen LogP contribution in [-0.4, -0.2) is 48.2 Å². The van der Waals surface area contributed by atoms with Gasteiger partial charge in [-0.15, -0.1) is 0 Å². The smallest absolute Gasteiger partial charge is 0.410 e. The lowest BCUT2D eigenvalue weighted by Gasteiger charge is -2.31. The summed E-state index contributed by atoms with van der Waals surface area (Å²) in [6, 6.07) is 18.6. The van der Waals surface area contributed by atoms with E-state index in [-0.39, 0.29) is 18.2 Å². The zero-order valence-electron chi connectivity index (χ0n) is 16.8. The van der Waals surface area contributed by atoms with Crippen LogP contribution < -0.4 is 0 Å². The van der Waals surface area contributed by atoms with E-state index in [0.29, 0.717) is 6.54 Å². The Hall–Kier alpha value is -1.85. The third-order valence-electron chi connectivity index (χ3n) is 6.04. The molecule has 2 heterocycles. The first-order valence-electron chi connectivity index (χ1n) is 10.7. The molecule has 0 aromatic heterocycles. The minimum absolute atomic E-state index is 0.0647. The molecule has 2 atom stereocenters. The second-order valence-corrected chi connectivity index (χ2v) is 8.93. The number of piperidine rings is 1. The molecular formula is C24H29BrN2O2. The Balaban J connectivity index is 1.46. The van der Waals surface area contributed by atoms with E-state index < -0.39 is 0 Å². The highest BCUT2D eigenvalue weighted by Gasteiger charge is 2.37. The maximum atomic E-state index is 12.8. The monoisotopic (exact) mass is 456 g/mol. The maximum Gasteiger partial charge on any atom is 0.410 e. The second kappa shape index (κ2) is 9.77. The molecule has 0 N–H and O–H groups in total. The Bertz CT molecular complexity index is 808. The van der Waals surface area contributed by atoms with E-state index in [9.17, 15) is 4.79 Å². The zero-order valence-corrected chi connectivity index (χ0v) is 18.4. The molecule has 154 valence electrons. The van der Waals surface area contributed by atoms with E-state index in [2.05, 4.69) is 51.2 Å². The van der Waals surface area contributed by atoms with Gasteiger partial charge < -0.3 is 9.64 Å². The minimum atomic E-state index is -0.186. The van der Waals surface area contributed by atoms with Gasteiger partial charge in [0.1, 0.15) is 6.10 Å². The molecule has 29 heavy (non-hydrogen) atoms. The number of carbonyl (C=O) groups excluding carboxylic acids is 1. The standard InChI is InChI=1S/C24H29BrN2O2/c25-22-12-6-5-11-20(22)17-21-18-27(24(28)29-21)23(19-9-3-1-4-10-19)13-16-26-14-7-2-8-15-26/h1,3-6,9-12,21,23H,2,7-8,13-18H2. The normalized spacial score (nSPS) is 21.2. The van der Waals surface area contributed by atoms with Gasteiger partial charge in [-0.1, -0.05) is 70.9 Å². The van der Waals surface area contributed by atoms with Crippen LogP contribution in [0.2, 0.25) is 0 Å². The summed E-state index contributed by atoms with van der Waals surface area (Å²) in [6.45, 7) is 4.02. The Morgan fingerprint density at radius 1 is 1.00 bits per heavy atom. The zero-order chi connectivity index (χ0) is 20.1. The first-order valence-corrected chi connectivity index (χ1v) is 11.5. The van der Waals surface area contributed by atoms with Crippen molar-refractivity contribution in [1.29, 1.82) is 0 Å². The first-order chi connectivity index (χ1) is 14.2. The number of amides is 1. The van der Waals surface area contributed by atoms with Gasteiger partial charge in [0, 0.05) is 17.4 Å². The van der Waals surface area contributed by atoms with Crippen molar-refractivity contribution >= 4 is 22.0 Å². The van der Waals surface area contributed by atoms with E-state index >= 15 is 0 Å². The van der Waals surface area contributed by atoms with Crippen LogP contribution in [0.15, 0.2) is 59.1 Å². The number of halogens is 1.